The lowest BCUT2D eigenvalue weighted by Gasteiger charge is -2.16. The normalized spacial score (nSPS) is 28.7. The van der Waals surface area contributed by atoms with Crippen LogP contribution in [-0.4, -0.2) is 23.5 Å². The maximum Gasteiger partial charge on any atom is 0.243 e. The summed E-state index contributed by atoms with van der Waals surface area (Å²) in [6, 6.07) is 7.93. The van der Waals surface area contributed by atoms with Gasteiger partial charge in [0, 0.05) is 0 Å². The van der Waals surface area contributed by atoms with Gasteiger partial charge in [-0.3, -0.25) is 4.79 Å². The van der Waals surface area contributed by atoms with Crippen molar-refractivity contribution in [2.75, 3.05) is 11.9 Å². The quantitative estimate of drug-likeness (QED) is 0.892. The summed E-state index contributed by atoms with van der Waals surface area (Å²) < 4.78 is 1.11. The zero-order valence-corrected chi connectivity index (χ0v) is 12.0. The number of carbonyl (C=O) groups is 1. The van der Waals surface area contributed by atoms with Gasteiger partial charge in [-0.15, -0.1) is 0 Å². The topological polar surface area (TPSA) is 54.0 Å². The third-order valence-electron chi connectivity index (χ3n) is 4.55. The van der Waals surface area contributed by atoms with E-state index in [1.165, 1.54) is 30.6 Å². The Morgan fingerprint density at radius 2 is 2.25 bits per heavy atom. The van der Waals surface area contributed by atoms with E-state index in [9.17, 15) is 4.79 Å². The first kappa shape index (κ1) is 12.3. The minimum atomic E-state index is -0.0329. The van der Waals surface area contributed by atoms with Crippen LogP contribution < -0.4 is 10.6 Å². The Kier molecular flexibility index (Phi) is 2.97. The highest BCUT2D eigenvalue weighted by Gasteiger charge is 2.42. The van der Waals surface area contributed by atoms with Crippen molar-refractivity contribution >= 4 is 32.6 Å². The van der Waals surface area contributed by atoms with E-state index < -0.39 is 0 Å². The van der Waals surface area contributed by atoms with Crippen molar-refractivity contribution in [2.24, 2.45) is 11.8 Å². The Morgan fingerprint density at radius 1 is 1.35 bits per heavy atom. The van der Waals surface area contributed by atoms with Gasteiger partial charge in [-0.25, -0.2) is 4.98 Å². The lowest BCUT2D eigenvalue weighted by Crippen LogP contribution is -2.39. The smallest absolute Gasteiger partial charge is 0.243 e. The number of rotatable bonds is 2. The molecule has 1 aliphatic heterocycles. The van der Waals surface area contributed by atoms with Gasteiger partial charge < -0.3 is 10.6 Å². The number of thiazole rings is 1. The SMILES string of the molecule is O=C(Nc1nc2ccccc2s1)C1NCC2CCCC21. The lowest BCUT2D eigenvalue weighted by atomic mass is 9.94. The van der Waals surface area contributed by atoms with E-state index in [-0.39, 0.29) is 11.9 Å². The third-order valence-corrected chi connectivity index (χ3v) is 5.50. The number of nitrogens with zero attached hydrogens (tertiary/aromatic N) is 1. The number of hydrogen-bond donors (Lipinski definition) is 2. The van der Waals surface area contributed by atoms with Crippen molar-refractivity contribution in [1.82, 2.24) is 10.3 Å². The van der Waals surface area contributed by atoms with Gasteiger partial charge in [-0.05, 0) is 43.4 Å². The van der Waals surface area contributed by atoms with Gasteiger partial charge in [-0.1, -0.05) is 29.9 Å². The van der Waals surface area contributed by atoms with E-state index in [2.05, 4.69) is 15.6 Å². The predicted octanol–water partition coefficient (Wildman–Crippen LogP) is 2.62. The Hall–Kier alpha value is -1.46. The highest BCUT2D eigenvalue weighted by atomic mass is 32.1. The zero-order chi connectivity index (χ0) is 13.5. The molecule has 4 nitrogen and oxygen atoms in total. The number of fused-ring (bicyclic) bond motifs is 2. The summed E-state index contributed by atoms with van der Waals surface area (Å²) in [4.78, 5) is 16.9. The second-order valence-electron chi connectivity index (χ2n) is 5.72. The summed E-state index contributed by atoms with van der Waals surface area (Å²) in [5, 5.41) is 7.08. The molecule has 2 aliphatic rings. The van der Waals surface area contributed by atoms with E-state index in [4.69, 9.17) is 0 Å². The van der Waals surface area contributed by atoms with Gasteiger partial charge in [0.05, 0.1) is 16.3 Å². The van der Waals surface area contributed by atoms with Crippen LogP contribution in [0.4, 0.5) is 5.13 Å². The predicted molar refractivity (Wildman–Crippen MR) is 80.9 cm³/mol. The van der Waals surface area contributed by atoms with Gasteiger partial charge in [0.1, 0.15) is 0 Å². The van der Waals surface area contributed by atoms with Crippen molar-refractivity contribution in [3.63, 3.8) is 0 Å². The van der Waals surface area contributed by atoms with Crippen molar-refractivity contribution in [1.29, 1.82) is 0 Å². The van der Waals surface area contributed by atoms with Gasteiger partial charge in [-0.2, -0.15) is 0 Å². The molecule has 2 aromatic rings. The van der Waals surface area contributed by atoms with Gasteiger partial charge in [0.15, 0.2) is 5.13 Å². The Labute approximate surface area is 121 Å². The molecule has 2 heterocycles. The summed E-state index contributed by atoms with van der Waals surface area (Å²) >= 11 is 1.54. The van der Waals surface area contributed by atoms with E-state index in [0.29, 0.717) is 17.0 Å². The zero-order valence-electron chi connectivity index (χ0n) is 11.1. The second kappa shape index (κ2) is 4.82. The molecule has 3 unspecified atom stereocenters. The number of aromatic nitrogens is 1. The molecular formula is C15H17N3OS. The number of benzene rings is 1. The van der Waals surface area contributed by atoms with Crippen molar-refractivity contribution in [3.05, 3.63) is 24.3 Å². The third kappa shape index (κ3) is 2.01. The fourth-order valence-electron chi connectivity index (χ4n) is 3.58. The van der Waals surface area contributed by atoms with E-state index in [1.54, 1.807) is 0 Å². The molecule has 1 aliphatic carbocycles. The molecule has 3 atom stereocenters. The second-order valence-corrected chi connectivity index (χ2v) is 6.75. The molecule has 1 aromatic carbocycles. The fraction of sp³-hybridized carbons (Fsp3) is 0.467. The van der Waals surface area contributed by atoms with Crippen molar-refractivity contribution in [3.8, 4) is 0 Å². The first-order valence-electron chi connectivity index (χ1n) is 7.21. The molecule has 20 heavy (non-hydrogen) atoms. The van der Waals surface area contributed by atoms with Crippen LogP contribution in [0, 0.1) is 11.8 Å². The van der Waals surface area contributed by atoms with Crippen LogP contribution in [-0.2, 0) is 4.79 Å². The van der Waals surface area contributed by atoms with Crippen LogP contribution >= 0.6 is 11.3 Å². The van der Waals surface area contributed by atoms with Crippen molar-refractivity contribution in [2.45, 2.75) is 25.3 Å². The molecule has 1 amide bonds. The molecule has 0 bridgehead atoms. The standard InChI is InChI=1S/C15H17N3OS/c19-14(13-10-5-3-4-9(10)8-16-13)18-15-17-11-6-1-2-7-12(11)20-15/h1-2,6-7,9-10,13,16H,3-5,8H2,(H,17,18,19). The minimum Gasteiger partial charge on any atom is -0.305 e. The first-order valence-corrected chi connectivity index (χ1v) is 8.03. The fourth-order valence-corrected chi connectivity index (χ4v) is 4.45. The molecule has 5 heteroatoms. The molecule has 1 saturated heterocycles. The summed E-state index contributed by atoms with van der Waals surface area (Å²) in [6.07, 6.45) is 3.71. The van der Waals surface area contributed by atoms with Crippen LogP contribution in [0.1, 0.15) is 19.3 Å². The first-order chi connectivity index (χ1) is 9.81. The van der Waals surface area contributed by atoms with Crippen LogP contribution in [0.2, 0.25) is 0 Å². The molecule has 1 aromatic heterocycles. The maximum atomic E-state index is 12.4. The number of anilines is 1. The molecule has 2 N–H and O–H groups in total. The summed E-state index contributed by atoms with van der Waals surface area (Å²) in [6.45, 7) is 0.989. The highest BCUT2D eigenvalue weighted by Crippen LogP contribution is 2.38. The van der Waals surface area contributed by atoms with E-state index in [1.807, 2.05) is 24.3 Å². The number of carbonyl (C=O) groups excluding carboxylic acids is 1. The van der Waals surface area contributed by atoms with Gasteiger partial charge in [0.25, 0.3) is 0 Å². The Bertz CT molecular complexity index is 620. The number of amides is 1. The molecule has 104 valence electrons. The lowest BCUT2D eigenvalue weighted by molar-refractivity contribution is -0.118. The molecule has 0 spiro atoms. The molecule has 1 saturated carbocycles. The van der Waals surface area contributed by atoms with Gasteiger partial charge >= 0.3 is 0 Å². The Balaban J connectivity index is 1.52. The average Bonchev–Trinajstić information content (AvgIpc) is 3.12. The van der Waals surface area contributed by atoms with E-state index >= 15 is 0 Å². The number of nitrogens with one attached hydrogen (secondary N) is 2. The van der Waals surface area contributed by atoms with Crippen LogP contribution in [0.15, 0.2) is 24.3 Å². The summed E-state index contributed by atoms with van der Waals surface area (Å²) in [5.41, 5.74) is 0.950. The largest absolute Gasteiger partial charge is 0.305 e. The molecule has 0 radical (unpaired) electrons. The monoisotopic (exact) mass is 287 g/mol. The number of hydrogen-bond acceptors (Lipinski definition) is 4. The number of para-hydroxylation sites is 1. The maximum absolute atomic E-state index is 12.4. The van der Waals surface area contributed by atoms with Gasteiger partial charge in [0.2, 0.25) is 5.91 Å². The van der Waals surface area contributed by atoms with Crippen molar-refractivity contribution < 1.29 is 4.79 Å². The average molecular weight is 287 g/mol. The Morgan fingerprint density at radius 3 is 3.15 bits per heavy atom. The minimum absolute atomic E-state index is 0.0329. The molecule has 4 rings (SSSR count). The van der Waals surface area contributed by atoms with E-state index in [0.717, 1.165) is 16.8 Å². The van der Waals surface area contributed by atoms with Crippen LogP contribution in [0.25, 0.3) is 10.2 Å². The highest BCUT2D eigenvalue weighted by molar-refractivity contribution is 7.22. The molecular weight excluding hydrogens is 270 g/mol. The van der Waals surface area contributed by atoms with Crippen LogP contribution in [0.3, 0.4) is 0 Å². The van der Waals surface area contributed by atoms with Crippen LogP contribution in [0.5, 0.6) is 0 Å². The summed E-state index contributed by atoms with van der Waals surface area (Å²) in [5.74, 6) is 1.30. The molecule has 2 fully saturated rings. The summed E-state index contributed by atoms with van der Waals surface area (Å²) in [7, 11) is 0.